The van der Waals surface area contributed by atoms with Crippen LogP contribution in [0.1, 0.15) is 37.0 Å². The number of carbonyl (C=O) groups excluding carboxylic acids is 1. The van der Waals surface area contributed by atoms with Crippen molar-refractivity contribution < 1.29 is 14.6 Å². The molecule has 1 aliphatic heterocycles. The van der Waals surface area contributed by atoms with Crippen LogP contribution in [0.5, 0.6) is 11.6 Å². The first kappa shape index (κ1) is 16.5. The molecule has 0 aliphatic carbocycles. The number of hydrogen-bond donors (Lipinski definition) is 2. The summed E-state index contributed by atoms with van der Waals surface area (Å²) in [4.78, 5) is 14.5. The smallest absolute Gasteiger partial charge is 0.271 e. The number of anilines is 2. The largest absolute Gasteiger partial charge is 0.505 e. The van der Waals surface area contributed by atoms with Crippen LogP contribution in [0.2, 0.25) is 0 Å². The van der Waals surface area contributed by atoms with E-state index in [1.807, 2.05) is 13.8 Å². The molecule has 1 atom stereocenters. The molecule has 1 aromatic carbocycles. The molecule has 2 N–H and O–H groups in total. The Morgan fingerprint density at radius 3 is 3.04 bits per heavy atom. The lowest BCUT2D eigenvalue weighted by Crippen LogP contribution is -2.33. The molecule has 0 radical (unpaired) electrons. The fourth-order valence-corrected chi connectivity index (χ4v) is 3.28. The average Bonchev–Trinajstić information content (AvgIpc) is 3.18. The van der Waals surface area contributed by atoms with Crippen LogP contribution in [0.15, 0.2) is 18.2 Å². The predicted molar refractivity (Wildman–Crippen MR) is 92.2 cm³/mol. The molecule has 1 amide bonds. The molecule has 0 spiro atoms. The minimum Gasteiger partial charge on any atom is -0.505 e. The standard InChI is InChI=1S/C16H20N4O3S/c1-3-23-15-14(18-24-19-15)17-12-8-4-7-11(13(12)21)16(22)20-9-5-6-10(20)2/h4,7-8,10,21H,3,5-6,9H2,1-2H3,(H,17,18). The normalized spacial score (nSPS) is 17.1. The van der Waals surface area contributed by atoms with E-state index in [2.05, 4.69) is 14.1 Å². The third-order valence-corrected chi connectivity index (χ3v) is 4.58. The van der Waals surface area contributed by atoms with E-state index in [1.165, 1.54) is 0 Å². The molecule has 128 valence electrons. The monoisotopic (exact) mass is 348 g/mol. The van der Waals surface area contributed by atoms with Crippen LogP contribution in [-0.2, 0) is 0 Å². The summed E-state index contributed by atoms with van der Waals surface area (Å²) in [5.74, 6) is 0.572. The molecular weight excluding hydrogens is 328 g/mol. The number of benzene rings is 1. The summed E-state index contributed by atoms with van der Waals surface area (Å²) in [5.41, 5.74) is 0.691. The number of nitrogens with one attached hydrogen (secondary N) is 1. The molecule has 7 nitrogen and oxygen atoms in total. The lowest BCUT2D eigenvalue weighted by molar-refractivity contribution is 0.0744. The van der Waals surface area contributed by atoms with Gasteiger partial charge in [-0.15, -0.1) is 4.37 Å². The number of ether oxygens (including phenoxy) is 1. The first-order valence-corrected chi connectivity index (χ1v) is 8.70. The molecule has 1 aromatic heterocycles. The Balaban J connectivity index is 1.85. The van der Waals surface area contributed by atoms with Gasteiger partial charge < -0.3 is 20.1 Å². The highest BCUT2D eigenvalue weighted by Crippen LogP contribution is 2.34. The van der Waals surface area contributed by atoms with Gasteiger partial charge in [0.2, 0.25) is 5.82 Å². The zero-order valence-corrected chi connectivity index (χ0v) is 14.5. The van der Waals surface area contributed by atoms with Gasteiger partial charge in [-0.25, -0.2) is 0 Å². The van der Waals surface area contributed by atoms with E-state index < -0.39 is 0 Å². The van der Waals surface area contributed by atoms with Crippen molar-refractivity contribution in [2.75, 3.05) is 18.5 Å². The Labute approximate surface area is 144 Å². The minimum atomic E-state index is -0.150. The number of para-hydroxylation sites is 1. The van der Waals surface area contributed by atoms with Crippen LogP contribution in [-0.4, -0.2) is 43.9 Å². The van der Waals surface area contributed by atoms with Crippen LogP contribution >= 0.6 is 11.7 Å². The van der Waals surface area contributed by atoms with Gasteiger partial charge in [-0.05, 0) is 38.8 Å². The number of rotatable bonds is 5. The maximum atomic E-state index is 12.7. The number of carbonyl (C=O) groups is 1. The Kier molecular flexibility index (Phi) is 4.84. The summed E-state index contributed by atoms with van der Waals surface area (Å²) in [6.07, 6.45) is 1.99. The number of likely N-dealkylation sites (tertiary alicyclic amines) is 1. The molecule has 1 fully saturated rings. The van der Waals surface area contributed by atoms with Crippen LogP contribution in [0.4, 0.5) is 11.5 Å². The number of aromatic hydroxyl groups is 1. The quantitative estimate of drug-likeness (QED) is 0.808. The van der Waals surface area contributed by atoms with E-state index >= 15 is 0 Å². The summed E-state index contributed by atoms with van der Waals surface area (Å²) >= 11 is 1.02. The van der Waals surface area contributed by atoms with E-state index in [0.717, 1.165) is 31.1 Å². The summed E-state index contributed by atoms with van der Waals surface area (Å²) < 4.78 is 13.6. The van der Waals surface area contributed by atoms with E-state index in [1.54, 1.807) is 23.1 Å². The Morgan fingerprint density at radius 2 is 2.33 bits per heavy atom. The lowest BCUT2D eigenvalue weighted by atomic mass is 10.1. The summed E-state index contributed by atoms with van der Waals surface area (Å²) in [7, 11) is 0. The second kappa shape index (κ2) is 7.04. The molecule has 2 heterocycles. The maximum Gasteiger partial charge on any atom is 0.271 e. The van der Waals surface area contributed by atoms with E-state index in [4.69, 9.17) is 4.74 Å². The second-order valence-electron chi connectivity index (χ2n) is 5.67. The van der Waals surface area contributed by atoms with Crippen LogP contribution in [0, 0.1) is 0 Å². The van der Waals surface area contributed by atoms with Gasteiger partial charge in [0, 0.05) is 12.6 Å². The van der Waals surface area contributed by atoms with Crippen molar-refractivity contribution in [3.05, 3.63) is 23.8 Å². The van der Waals surface area contributed by atoms with Crippen molar-refractivity contribution in [3.8, 4) is 11.6 Å². The molecule has 24 heavy (non-hydrogen) atoms. The van der Waals surface area contributed by atoms with Crippen molar-refractivity contribution in [1.29, 1.82) is 0 Å². The van der Waals surface area contributed by atoms with Gasteiger partial charge in [-0.2, -0.15) is 4.37 Å². The second-order valence-corrected chi connectivity index (χ2v) is 6.20. The number of nitrogens with zero attached hydrogens (tertiary/aromatic N) is 3. The van der Waals surface area contributed by atoms with Crippen molar-refractivity contribution in [1.82, 2.24) is 13.6 Å². The molecule has 0 bridgehead atoms. The number of phenolic OH excluding ortho intramolecular Hbond substituents is 1. The van der Waals surface area contributed by atoms with Gasteiger partial charge in [0.1, 0.15) is 0 Å². The summed E-state index contributed by atoms with van der Waals surface area (Å²) in [6.45, 7) is 5.08. The van der Waals surface area contributed by atoms with Crippen molar-refractivity contribution in [3.63, 3.8) is 0 Å². The Bertz CT molecular complexity index is 734. The zero-order valence-electron chi connectivity index (χ0n) is 13.7. The molecule has 1 unspecified atom stereocenters. The van der Waals surface area contributed by atoms with Crippen LogP contribution in [0.25, 0.3) is 0 Å². The van der Waals surface area contributed by atoms with Gasteiger partial charge in [0.15, 0.2) is 5.75 Å². The fraction of sp³-hybridized carbons (Fsp3) is 0.438. The lowest BCUT2D eigenvalue weighted by Gasteiger charge is -2.22. The third kappa shape index (κ3) is 3.14. The van der Waals surface area contributed by atoms with Crippen molar-refractivity contribution in [2.24, 2.45) is 0 Å². The molecule has 1 saturated heterocycles. The van der Waals surface area contributed by atoms with Crippen molar-refractivity contribution >= 4 is 29.1 Å². The molecular formula is C16H20N4O3S. The minimum absolute atomic E-state index is 0.0861. The van der Waals surface area contributed by atoms with E-state index in [-0.39, 0.29) is 23.3 Å². The van der Waals surface area contributed by atoms with Crippen molar-refractivity contribution in [2.45, 2.75) is 32.7 Å². The summed E-state index contributed by atoms with van der Waals surface area (Å²) in [6, 6.07) is 5.25. The predicted octanol–water partition coefficient (Wildman–Crippen LogP) is 3.01. The van der Waals surface area contributed by atoms with Crippen LogP contribution in [0.3, 0.4) is 0 Å². The topological polar surface area (TPSA) is 87.6 Å². The number of aromatic nitrogens is 2. The van der Waals surface area contributed by atoms with Gasteiger partial charge in [0.25, 0.3) is 11.8 Å². The molecule has 0 saturated carbocycles. The molecule has 1 aliphatic rings. The fourth-order valence-electron chi connectivity index (χ4n) is 2.82. The Hall–Kier alpha value is -2.35. The highest BCUT2D eigenvalue weighted by atomic mass is 32.1. The van der Waals surface area contributed by atoms with E-state index in [9.17, 15) is 9.90 Å². The molecule has 8 heteroatoms. The average molecular weight is 348 g/mol. The Morgan fingerprint density at radius 1 is 1.50 bits per heavy atom. The first-order valence-electron chi connectivity index (χ1n) is 7.97. The summed E-state index contributed by atoms with van der Waals surface area (Å²) in [5, 5.41) is 13.5. The molecule has 2 aromatic rings. The molecule has 3 rings (SSSR count). The maximum absolute atomic E-state index is 12.7. The van der Waals surface area contributed by atoms with Crippen LogP contribution < -0.4 is 10.1 Å². The third-order valence-electron chi connectivity index (χ3n) is 4.07. The number of hydrogen-bond acceptors (Lipinski definition) is 7. The highest BCUT2D eigenvalue weighted by Gasteiger charge is 2.28. The van der Waals surface area contributed by atoms with Gasteiger partial charge in [-0.1, -0.05) is 6.07 Å². The zero-order chi connectivity index (χ0) is 17.1. The first-order chi connectivity index (χ1) is 11.6. The van der Waals surface area contributed by atoms with Gasteiger partial charge in [-0.3, -0.25) is 4.79 Å². The van der Waals surface area contributed by atoms with Gasteiger partial charge in [0.05, 0.1) is 29.6 Å². The highest BCUT2D eigenvalue weighted by molar-refractivity contribution is 6.99. The number of phenols is 1. The number of amides is 1. The van der Waals surface area contributed by atoms with E-state index in [0.29, 0.717) is 24.0 Å². The SMILES string of the molecule is CCOc1nsnc1Nc1cccc(C(=O)N2CCCC2C)c1O. The van der Waals surface area contributed by atoms with Gasteiger partial charge >= 0.3 is 0 Å².